The second-order valence-electron chi connectivity index (χ2n) is 9.26. The minimum atomic E-state index is -0.147. The van der Waals surface area contributed by atoms with Gasteiger partial charge in [-0.15, -0.1) is 0 Å². The van der Waals surface area contributed by atoms with Gasteiger partial charge in [-0.05, 0) is 23.3 Å². The minimum absolute atomic E-state index is 0.147. The van der Waals surface area contributed by atoms with E-state index in [4.69, 9.17) is 23.9 Å². The van der Waals surface area contributed by atoms with Gasteiger partial charge < -0.3 is 29.2 Å². The van der Waals surface area contributed by atoms with Crippen LogP contribution in [0.3, 0.4) is 0 Å². The van der Waals surface area contributed by atoms with Crippen LogP contribution in [0.2, 0.25) is 0 Å². The maximum absolute atomic E-state index is 6.24. The lowest BCUT2D eigenvalue weighted by atomic mass is 9.90. The molecule has 3 heterocycles. The molecule has 1 unspecified atom stereocenters. The van der Waals surface area contributed by atoms with Gasteiger partial charge in [-0.1, -0.05) is 42.5 Å². The molecule has 1 atom stereocenters. The summed E-state index contributed by atoms with van der Waals surface area (Å²) in [5.41, 5.74) is 6.46. The van der Waals surface area contributed by atoms with Crippen molar-refractivity contribution in [2.45, 2.75) is 12.5 Å². The molecule has 0 spiro atoms. The van der Waals surface area contributed by atoms with E-state index in [1.165, 1.54) is 11.3 Å². The van der Waals surface area contributed by atoms with Gasteiger partial charge >= 0.3 is 0 Å². The molecule has 0 bridgehead atoms. The Bertz CT molecular complexity index is 1330. The van der Waals surface area contributed by atoms with E-state index in [0.717, 1.165) is 66.7 Å². The maximum Gasteiger partial charge on any atom is 0.136 e. The van der Waals surface area contributed by atoms with Crippen molar-refractivity contribution in [1.29, 1.82) is 0 Å². The number of methoxy groups -OCH3 is 2. The first-order valence-electron chi connectivity index (χ1n) is 12.7. The van der Waals surface area contributed by atoms with E-state index in [0.29, 0.717) is 18.1 Å². The number of nitrogens with zero attached hydrogens (tertiary/aromatic N) is 2. The monoisotopic (exact) mass is 497 g/mol. The average Bonchev–Trinajstić information content (AvgIpc) is 3.16. The Balaban J connectivity index is 1.47. The molecule has 0 aromatic heterocycles. The normalized spacial score (nSPS) is 19.0. The van der Waals surface area contributed by atoms with Gasteiger partial charge in [0.1, 0.15) is 29.1 Å². The van der Waals surface area contributed by atoms with E-state index in [-0.39, 0.29) is 6.04 Å². The van der Waals surface area contributed by atoms with Crippen LogP contribution >= 0.6 is 0 Å². The van der Waals surface area contributed by atoms with Crippen LogP contribution in [0.1, 0.15) is 29.2 Å². The molecule has 3 aromatic rings. The second kappa shape index (κ2) is 10.2. The summed E-state index contributed by atoms with van der Waals surface area (Å²) in [5, 5.41) is 3.65. The summed E-state index contributed by atoms with van der Waals surface area (Å²) in [5.74, 6) is 2.96. The zero-order chi connectivity index (χ0) is 25.2. The first-order valence-corrected chi connectivity index (χ1v) is 12.7. The van der Waals surface area contributed by atoms with Crippen molar-refractivity contribution < 1.29 is 18.9 Å². The second-order valence-corrected chi connectivity index (χ2v) is 9.26. The summed E-state index contributed by atoms with van der Waals surface area (Å²) in [6.45, 7) is 3.90. The maximum atomic E-state index is 6.24. The van der Waals surface area contributed by atoms with Crippen LogP contribution in [-0.4, -0.2) is 53.0 Å². The molecule has 1 saturated heterocycles. The van der Waals surface area contributed by atoms with Crippen LogP contribution in [0.5, 0.6) is 17.2 Å². The molecule has 7 nitrogen and oxygen atoms in total. The van der Waals surface area contributed by atoms with Crippen LogP contribution in [0.15, 0.2) is 77.3 Å². The zero-order valence-electron chi connectivity index (χ0n) is 21.2. The van der Waals surface area contributed by atoms with E-state index >= 15 is 0 Å². The number of rotatable bonds is 5. The van der Waals surface area contributed by atoms with Gasteiger partial charge in [0.05, 0.1) is 45.3 Å². The van der Waals surface area contributed by atoms with Crippen molar-refractivity contribution in [3.05, 3.63) is 89.0 Å². The number of hydrogen-bond donors (Lipinski definition) is 1. The summed E-state index contributed by atoms with van der Waals surface area (Å²) in [6, 6.07) is 22.7. The molecule has 0 amide bonds. The highest BCUT2D eigenvalue weighted by Gasteiger charge is 2.32. The smallest absolute Gasteiger partial charge is 0.136 e. The molecule has 37 heavy (non-hydrogen) atoms. The molecule has 1 N–H and O–H groups in total. The number of hydrogen-bond acceptors (Lipinski definition) is 7. The average molecular weight is 498 g/mol. The first-order chi connectivity index (χ1) is 18.2. The Morgan fingerprint density at radius 1 is 0.919 bits per heavy atom. The van der Waals surface area contributed by atoms with Crippen LogP contribution < -0.4 is 24.4 Å². The van der Waals surface area contributed by atoms with Crippen molar-refractivity contribution >= 4 is 17.2 Å². The zero-order valence-corrected chi connectivity index (χ0v) is 21.2. The van der Waals surface area contributed by atoms with E-state index in [1.54, 1.807) is 14.2 Å². The molecule has 0 radical (unpaired) electrons. The minimum Gasteiger partial charge on any atom is -0.496 e. The third-order valence-electron chi connectivity index (χ3n) is 7.16. The highest BCUT2D eigenvalue weighted by atomic mass is 16.5. The molecule has 1 fully saturated rings. The van der Waals surface area contributed by atoms with Crippen LogP contribution in [0, 0.1) is 0 Å². The molecule has 0 saturated carbocycles. The van der Waals surface area contributed by atoms with Gasteiger partial charge in [0, 0.05) is 42.9 Å². The topological polar surface area (TPSA) is 64.5 Å². The molecule has 0 aliphatic carbocycles. The van der Waals surface area contributed by atoms with Gasteiger partial charge in [-0.2, -0.15) is 0 Å². The quantitative estimate of drug-likeness (QED) is 0.545. The molecule has 7 heteroatoms. The predicted molar refractivity (Wildman–Crippen MR) is 145 cm³/mol. The summed E-state index contributed by atoms with van der Waals surface area (Å²) >= 11 is 0. The third kappa shape index (κ3) is 4.51. The summed E-state index contributed by atoms with van der Waals surface area (Å²) in [6.07, 6.45) is 0.740. The number of morpholine rings is 1. The van der Waals surface area contributed by atoms with Gasteiger partial charge in [0.2, 0.25) is 0 Å². The Kier molecular flexibility index (Phi) is 6.45. The number of amidine groups is 1. The molecule has 3 aliphatic heterocycles. The van der Waals surface area contributed by atoms with Gasteiger partial charge in [-0.3, -0.25) is 4.99 Å². The van der Waals surface area contributed by atoms with Crippen LogP contribution in [0.4, 0.5) is 5.69 Å². The summed E-state index contributed by atoms with van der Waals surface area (Å²) in [7, 11) is 3.33. The van der Waals surface area contributed by atoms with E-state index in [9.17, 15) is 0 Å². The van der Waals surface area contributed by atoms with Crippen molar-refractivity contribution in [3.63, 3.8) is 0 Å². The number of benzene rings is 3. The lowest BCUT2D eigenvalue weighted by Gasteiger charge is -2.30. The standard InChI is InChI=1S/C30H31N3O4/c1-34-23-18-25(35-2)27-26(19-23)37-15-12-24-28(31-30(32-29(24)27)21-6-4-3-5-7-21)20-8-10-22(11-9-20)33-13-16-36-17-14-33/h3-11,18-19,28H,12-17H2,1-2H3,(H,31,32). The molecule has 190 valence electrons. The van der Waals surface area contributed by atoms with Gasteiger partial charge in [0.25, 0.3) is 0 Å². The van der Waals surface area contributed by atoms with Crippen LogP contribution in [0.25, 0.3) is 5.70 Å². The fourth-order valence-electron chi connectivity index (χ4n) is 5.24. The molecule has 3 aliphatic rings. The Hall–Kier alpha value is -3.97. The highest BCUT2D eigenvalue weighted by molar-refractivity contribution is 6.06. The largest absolute Gasteiger partial charge is 0.496 e. The first kappa shape index (κ1) is 23.4. The summed E-state index contributed by atoms with van der Waals surface area (Å²) in [4.78, 5) is 7.61. The summed E-state index contributed by atoms with van der Waals surface area (Å²) < 4.78 is 23.1. The van der Waals surface area contributed by atoms with Crippen molar-refractivity contribution in [3.8, 4) is 17.2 Å². The van der Waals surface area contributed by atoms with Crippen LogP contribution in [-0.2, 0) is 4.74 Å². The Labute approximate surface area is 217 Å². The third-order valence-corrected chi connectivity index (χ3v) is 7.16. The number of nitrogens with one attached hydrogen (secondary N) is 1. The Morgan fingerprint density at radius 3 is 2.43 bits per heavy atom. The molecular weight excluding hydrogens is 466 g/mol. The number of fused-ring (bicyclic) bond motifs is 2. The molecule has 6 rings (SSSR count). The van der Waals surface area contributed by atoms with Crippen molar-refractivity contribution in [2.75, 3.05) is 52.0 Å². The number of ether oxygens (including phenoxy) is 4. The van der Waals surface area contributed by atoms with Crippen molar-refractivity contribution in [2.24, 2.45) is 4.99 Å². The SMILES string of the molecule is COc1cc(OC)c2c(c1)OCCC1=C2NC(c2ccccc2)=NC1c1ccc(N2CCOCC2)cc1. The van der Waals surface area contributed by atoms with E-state index in [2.05, 4.69) is 46.6 Å². The molecular formula is C30H31N3O4. The van der Waals surface area contributed by atoms with E-state index in [1.807, 2.05) is 30.3 Å². The fourth-order valence-corrected chi connectivity index (χ4v) is 5.24. The van der Waals surface area contributed by atoms with Gasteiger partial charge in [-0.25, -0.2) is 0 Å². The predicted octanol–water partition coefficient (Wildman–Crippen LogP) is 4.83. The van der Waals surface area contributed by atoms with Gasteiger partial charge in [0.15, 0.2) is 0 Å². The highest BCUT2D eigenvalue weighted by Crippen LogP contribution is 2.46. The van der Waals surface area contributed by atoms with E-state index < -0.39 is 0 Å². The lowest BCUT2D eigenvalue weighted by Crippen LogP contribution is -2.36. The number of anilines is 1. The van der Waals surface area contributed by atoms with Crippen molar-refractivity contribution in [1.82, 2.24) is 5.32 Å². The molecule has 3 aromatic carbocycles. The Morgan fingerprint density at radius 2 is 1.70 bits per heavy atom. The number of aliphatic imine (C=N–C) groups is 1. The lowest BCUT2D eigenvalue weighted by molar-refractivity contribution is 0.122. The fraction of sp³-hybridized carbons (Fsp3) is 0.300.